The summed E-state index contributed by atoms with van der Waals surface area (Å²) in [6, 6.07) is 0.567. The number of ether oxygens (including phenoxy) is 1. The predicted molar refractivity (Wildman–Crippen MR) is 79.0 cm³/mol. The summed E-state index contributed by atoms with van der Waals surface area (Å²) >= 11 is 0. The summed E-state index contributed by atoms with van der Waals surface area (Å²) in [5.74, 6) is 0.854. The third kappa shape index (κ3) is 2.65. The van der Waals surface area contributed by atoms with Gasteiger partial charge in [-0.05, 0) is 45.8 Å². The lowest BCUT2D eigenvalue weighted by Crippen LogP contribution is -2.45. The van der Waals surface area contributed by atoms with Crippen molar-refractivity contribution in [2.45, 2.75) is 37.8 Å². The van der Waals surface area contributed by atoms with Crippen LogP contribution < -0.4 is 4.90 Å². The largest absolute Gasteiger partial charge is 0.373 e. The van der Waals surface area contributed by atoms with Gasteiger partial charge in [0.25, 0.3) is 0 Å². The number of aromatic nitrogens is 2. The van der Waals surface area contributed by atoms with Gasteiger partial charge in [0.05, 0.1) is 12.2 Å². The van der Waals surface area contributed by atoms with Crippen LogP contribution in [0.1, 0.15) is 24.8 Å². The molecule has 2 aliphatic rings. The van der Waals surface area contributed by atoms with Crippen molar-refractivity contribution in [2.75, 3.05) is 38.7 Å². The minimum Gasteiger partial charge on any atom is -0.373 e. The molecule has 0 aliphatic carbocycles. The summed E-state index contributed by atoms with van der Waals surface area (Å²) in [5, 5.41) is 0. The van der Waals surface area contributed by atoms with Crippen molar-refractivity contribution in [3.63, 3.8) is 0 Å². The van der Waals surface area contributed by atoms with Crippen molar-refractivity contribution in [1.82, 2.24) is 14.9 Å². The van der Waals surface area contributed by atoms with Gasteiger partial charge in [0.2, 0.25) is 5.95 Å². The molecule has 5 nitrogen and oxygen atoms in total. The maximum Gasteiger partial charge on any atom is 0.225 e. The minimum absolute atomic E-state index is 0.0934. The van der Waals surface area contributed by atoms with Crippen LogP contribution in [0, 0.1) is 6.92 Å². The molecule has 1 aromatic rings. The summed E-state index contributed by atoms with van der Waals surface area (Å²) in [6.07, 6.45) is 7.09. The van der Waals surface area contributed by atoms with Gasteiger partial charge in [-0.25, -0.2) is 9.97 Å². The monoisotopic (exact) mass is 276 g/mol. The van der Waals surface area contributed by atoms with Crippen molar-refractivity contribution < 1.29 is 4.74 Å². The molecule has 1 aromatic heterocycles. The number of nitrogens with zero attached hydrogens (tertiary/aromatic N) is 4. The van der Waals surface area contributed by atoms with Gasteiger partial charge in [-0.2, -0.15) is 0 Å². The fraction of sp³-hybridized carbons (Fsp3) is 0.733. The number of likely N-dealkylation sites (N-methyl/N-ethyl adjacent to an activating group) is 1. The van der Waals surface area contributed by atoms with Crippen molar-refractivity contribution in [3.05, 3.63) is 18.0 Å². The maximum absolute atomic E-state index is 6.15. The van der Waals surface area contributed by atoms with Crippen molar-refractivity contribution >= 4 is 5.95 Å². The van der Waals surface area contributed by atoms with Gasteiger partial charge in [-0.3, -0.25) is 0 Å². The van der Waals surface area contributed by atoms with Crippen LogP contribution in [-0.2, 0) is 4.74 Å². The zero-order valence-corrected chi connectivity index (χ0v) is 12.7. The number of piperidine rings is 1. The Morgan fingerprint density at radius 2 is 1.90 bits per heavy atom. The predicted octanol–water partition coefficient (Wildman–Crippen LogP) is 1.47. The molecule has 1 spiro atoms. The molecule has 2 saturated heterocycles. The van der Waals surface area contributed by atoms with Crippen LogP contribution in [0.2, 0.25) is 0 Å². The van der Waals surface area contributed by atoms with Crippen LogP contribution in [0.4, 0.5) is 5.95 Å². The Morgan fingerprint density at radius 1 is 1.25 bits per heavy atom. The van der Waals surface area contributed by atoms with Crippen molar-refractivity contribution in [1.29, 1.82) is 0 Å². The summed E-state index contributed by atoms with van der Waals surface area (Å²) in [6.45, 7) is 4.86. The first-order valence-electron chi connectivity index (χ1n) is 7.42. The van der Waals surface area contributed by atoms with Crippen LogP contribution in [0.3, 0.4) is 0 Å². The second-order valence-corrected chi connectivity index (χ2v) is 6.36. The molecule has 0 N–H and O–H groups in total. The number of hydrogen-bond acceptors (Lipinski definition) is 5. The van der Waals surface area contributed by atoms with E-state index in [4.69, 9.17) is 4.74 Å². The highest BCUT2D eigenvalue weighted by Crippen LogP contribution is 2.37. The van der Waals surface area contributed by atoms with Crippen molar-refractivity contribution in [3.8, 4) is 0 Å². The van der Waals surface area contributed by atoms with Crippen molar-refractivity contribution in [2.24, 2.45) is 0 Å². The molecule has 0 aromatic carbocycles. The standard InChI is InChI=1S/C15H24N4O/c1-12-9-16-14(17-10-12)19-6-4-15(5-7-19)8-13(11-20-15)18(2)3/h9-10,13H,4-8,11H2,1-3H3. The second-order valence-electron chi connectivity index (χ2n) is 6.36. The number of anilines is 1. The number of rotatable bonds is 2. The van der Waals surface area contributed by atoms with E-state index in [1.54, 1.807) is 0 Å². The highest BCUT2D eigenvalue weighted by molar-refractivity contribution is 5.31. The van der Waals surface area contributed by atoms with Gasteiger partial charge in [0, 0.05) is 31.5 Å². The molecule has 1 unspecified atom stereocenters. The highest BCUT2D eigenvalue weighted by Gasteiger charge is 2.43. The van der Waals surface area contributed by atoms with Crippen LogP contribution in [0.5, 0.6) is 0 Å². The van der Waals surface area contributed by atoms with Gasteiger partial charge >= 0.3 is 0 Å². The molecule has 110 valence electrons. The average Bonchev–Trinajstić information content (AvgIpc) is 2.85. The molecule has 20 heavy (non-hydrogen) atoms. The molecule has 3 heterocycles. The Balaban J connectivity index is 1.61. The fourth-order valence-corrected chi connectivity index (χ4v) is 3.16. The SMILES string of the molecule is Cc1cnc(N2CCC3(CC2)CC(N(C)C)CO3)nc1. The number of hydrogen-bond donors (Lipinski definition) is 0. The molecule has 1 atom stereocenters. The van der Waals surface area contributed by atoms with Crippen LogP contribution in [0.25, 0.3) is 0 Å². The molecule has 0 bridgehead atoms. The third-order valence-electron chi connectivity index (χ3n) is 4.64. The van der Waals surface area contributed by atoms with E-state index in [0.717, 1.165) is 50.5 Å². The summed E-state index contributed by atoms with van der Waals surface area (Å²) in [5.41, 5.74) is 1.20. The second kappa shape index (κ2) is 5.30. The van der Waals surface area contributed by atoms with Crippen LogP contribution in [-0.4, -0.2) is 60.3 Å². The van der Waals surface area contributed by atoms with Crippen LogP contribution >= 0.6 is 0 Å². The molecule has 0 saturated carbocycles. The molecular formula is C15H24N4O. The van der Waals surface area contributed by atoms with Gasteiger partial charge in [0.1, 0.15) is 0 Å². The Morgan fingerprint density at radius 3 is 2.45 bits per heavy atom. The van der Waals surface area contributed by atoms with Crippen LogP contribution in [0.15, 0.2) is 12.4 Å². The van der Waals surface area contributed by atoms with E-state index in [0.29, 0.717) is 6.04 Å². The first-order valence-corrected chi connectivity index (χ1v) is 7.42. The zero-order valence-electron chi connectivity index (χ0n) is 12.7. The van der Waals surface area contributed by atoms with E-state index >= 15 is 0 Å². The summed E-state index contributed by atoms with van der Waals surface area (Å²) < 4.78 is 6.15. The lowest BCUT2D eigenvalue weighted by atomic mass is 9.87. The van der Waals surface area contributed by atoms with E-state index in [1.165, 1.54) is 0 Å². The third-order valence-corrected chi connectivity index (χ3v) is 4.64. The average molecular weight is 276 g/mol. The molecule has 0 amide bonds. The van der Waals surface area contributed by atoms with E-state index in [-0.39, 0.29) is 5.60 Å². The van der Waals surface area contributed by atoms with E-state index < -0.39 is 0 Å². The normalized spacial score (nSPS) is 25.6. The molecule has 2 aliphatic heterocycles. The Bertz CT molecular complexity index is 451. The lowest BCUT2D eigenvalue weighted by molar-refractivity contribution is -0.0157. The minimum atomic E-state index is 0.0934. The van der Waals surface area contributed by atoms with E-state index in [2.05, 4.69) is 33.9 Å². The lowest BCUT2D eigenvalue weighted by Gasteiger charge is -2.38. The fourth-order valence-electron chi connectivity index (χ4n) is 3.16. The Labute approximate surface area is 121 Å². The maximum atomic E-state index is 6.15. The van der Waals surface area contributed by atoms with Gasteiger partial charge in [0.15, 0.2) is 0 Å². The topological polar surface area (TPSA) is 41.5 Å². The summed E-state index contributed by atoms with van der Waals surface area (Å²) in [7, 11) is 4.28. The first kappa shape index (κ1) is 13.8. The zero-order chi connectivity index (χ0) is 14.2. The van der Waals surface area contributed by atoms with Gasteiger partial charge < -0.3 is 14.5 Å². The van der Waals surface area contributed by atoms with E-state index in [9.17, 15) is 0 Å². The Kier molecular flexibility index (Phi) is 3.65. The molecule has 5 heteroatoms. The van der Waals surface area contributed by atoms with E-state index in [1.807, 2.05) is 19.3 Å². The first-order chi connectivity index (χ1) is 9.58. The molecule has 3 rings (SSSR count). The molecule has 0 radical (unpaired) electrons. The molecule has 2 fully saturated rings. The quantitative estimate of drug-likeness (QED) is 0.818. The smallest absolute Gasteiger partial charge is 0.225 e. The van der Waals surface area contributed by atoms with Gasteiger partial charge in [-0.1, -0.05) is 0 Å². The molecular weight excluding hydrogens is 252 g/mol. The van der Waals surface area contributed by atoms with Gasteiger partial charge in [-0.15, -0.1) is 0 Å². The highest BCUT2D eigenvalue weighted by atomic mass is 16.5. The Hall–Kier alpha value is -1.20. The number of aryl methyl sites for hydroxylation is 1. The summed E-state index contributed by atoms with van der Waals surface area (Å²) in [4.78, 5) is 13.4.